The average molecular weight is 210 g/mol. The molecule has 0 spiro atoms. The van der Waals surface area contributed by atoms with E-state index in [2.05, 4.69) is 4.74 Å². The van der Waals surface area contributed by atoms with Crippen molar-refractivity contribution in [3.05, 3.63) is 0 Å². The van der Waals surface area contributed by atoms with E-state index in [1.54, 1.807) is 0 Å². The lowest BCUT2D eigenvalue weighted by molar-refractivity contribution is -0.173. The number of rotatable bonds is 7. The van der Waals surface area contributed by atoms with Gasteiger partial charge in [0, 0.05) is 6.61 Å². The summed E-state index contributed by atoms with van der Waals surface area (Å²) in [7, 11) is 0. The summed E-state index contributed by atoms with van der Waals surface area (Å²) in [6.07, 6.45) is 1.56. The lowest BCUT2D eigenvalue weighted by atomic mass is 10.1. The molecular weight excluding hydrogens is 194 g/mol. The summed E-state index contributed by atoms with van der Waals surface area (Å²) in [6.45, 7) is 3.18. The van der Waals surface area contributed by atoms with Crippen molar-refractivity contribution < 1.29 is 23.4 Å². The van der Waals surface area contributed by atoms with E-state index in [-0.39, 0.29) is 6.61 Å². The van der Waals surface area contributed by atoms with Gasteiger partial charge in [-0.05, 0) is 18.8 Å². The third-order valence-electron chi connectivity index (χ3n) is 1.67. The molecule has 84 valence electrons. The average Bonchev–Trinajstić information content (AvgIpc) is 2.02. The van der Waals surface area contributed by atoms with Crippen LogP contribution in [0.4, 0.5) is 8.78 Å². The molecule has 0 saturated carbocycles. The smallest absolute Gasteiger partial charge is 0.377 e. The van der Waals surface area contributed by atoms with Gasteiger partial charge in [0.2, 0.25) is 0 Å². The Labute approximate surface area is 82.1 Å². The fourth-order valence-electron chi connectivity index (χ4n) is 0.856. The third-order valence-corrected chi connectivity index (χ3v) is 1.67. The first-order valence-electron chi connectivity index (χ1n) is 4.55. The molecule has 0 rings (SSSR count). The second-order valence-electron chi connectivity index (χ2n) is 3.60. The molecule has 5 heteroatoms. The largest absolute Gasteiger partial charge is 0.477 e. The number of aliphatic carboxylic acids is 1. The molecule has 0 aromatic carbocycles. The minimum atomic E-state index is -3.77. The summed E-state index contributed by atoms with van der Waals surface area (Å²) in [5.74, 6) is -5.40. The van der Waals surface area contributed by atoms with Crippen LogP contribution < -0.4 is 0 Å². The van der Waals surface area contributed by atoms with Crippen LogP contribution in [-0.2, 0) is 9.53 Å². The van der Waals surface area contributed by atoms with Crippen molar-refractivity contribution in [1.82, 2.24) is 0 Å². The Balaban J connectivity index is 3.49. The number of carboxylic acid groups (broad SMARTS) is 1. The van der Waals surface area contributed by atoms with Crippen molar-refractivity contribution in [1.29, 1.82) is 0 Å². The maximum atomic E-state index is 12.4. The fraction of sp³-hybridized carbons (Fsp3) is 0.889. The molecule has 0 amide bonds. The van der Waals surface area contributed by atoms with Crippen molar-refractivity contribution in [3.63, 3.8) is 0 Å². The van der Waals surface area contributed by atoms with Crippen LogP contribution in [0.5, 0.6) is 0 Å². The van der Waals surface area contributed by atoms with Gasteiger partial charge in [0.25, 0.3) is 0 Å². The van der Waals surface area contributed by atoms with Gasteiger partial charge in [-0.3, -0.25) is 0 Å². The van der Waals surface area contributed by atoms with E-state index in [0.29, 0.717) is 12.3 Å². The Bertz CT molecular complexity index is 181. The van der Waals surface area contributed by atoms with Gasteiger partial charge in [-0.15, -0.1) is 0 Å². The van der Waals surface area contributed by atoms with Gasteiger partial charge in [0.05, 0.1) is 0 Å². The SMILES string of the molecule is CC(C)CCCOCC(F)(F)C(=O)O. The third kappa shape index (κ3) is 5.85. The predicted molar refractivity (Wildman–Crippen MR) is 47.5 cm³/mol. The molecule has 0 aromatic heterocycles. The molecule has 0 heterocycles. The number of halogens is 2. The Morgan fingerprint density at radius 3 is 2.50 bits per heavy atom. The second-order valence-corrected chi connectivity index (χ2v) is 3.60. The van der Waals surface area contributed by atoms with E-state index in [1.165, 1.54) is 0 Å². The van der Waals surface area contributed by atoms with Gasteiger partial charge in [-0.2, -0.15) is 8.78 Å². The summed E-state index contributed by atoms with van der Waals surface area (Å²) in [5.41, 5.74) is 0. The molecule has 0 aromatic rings. The van der Waals surface area contributed by atoms with Crippen molar-refractivity contribution in [2.24, 2.45) is 5.92 Å². The van der Waals surface area contributed by atoms with Gasteiger partial charge >= 0.3 is 11.9 Å². The maximum absolute atomic E-state index is 12.4. The highest BCUT2D eigenvalue weighted by Gasteiger charge is 2.38. The molecule has 0 atom stereocenters. The lowest BCUT2D eigenvalue weighted by Gasteiger charge is -2.11. The van der Waals surface area contributed by atoms with Crippen molar-refractivity contribution in [2.45, 2.75) is 32.6 Å². The van der Waals surface area contributed by atoms with Crippen LogP contribution in [0.2, 0.25) is 0 Å². The summed E-state index contributed by atoms with van der Waals surface area (Å²) >= 11 is 0. The van der Waals surface area contributed by atoms with Crippen molar-refractivity contribution in [2.75, 3.05) is 13.2 Å². The van der Waals surface area contributed by atoms with E-state index in [9.17, 15) is 13.6 Å². The van der Waals surface area contributed by atoms with Crippen LogP contribution in [-0.4, -0.2) is 30.2 Å². The van der Waals surface area contributed by atoms with Gasteiger partial charge in [-0.1, -0.05) is 13.8 Å². The van der Waals surface area contributed by atoms with E-state index in [0.717, 1.165) is 6.42 Å². The molecule has 3 nitrogen and oxygen atoms in total. The summed E-state index contributed by atoms with van der Waals surface area (Å²) in [6, 6.07) is 0. The van der Waals surface area contributed by atoms with Crippen LogP contribution in [0.25, 0.3) is 0 Å². The first kappa shape index (κ1) is 13.3. The van der Waals surface area contributed by atoms with E-state index < -0.39 is 18.5 Å². The quantitative estimate of drug-likeness (QED) is 0.655. The topological polar surface area (TPSA) is 46.5 Å². The second kappa shape index (κ2) is 5.90. The summed E-state index contributed by atoms with van der Waals surface area (Å²) in [4.78, 5) is 9.96. The molecule has 0 aliphatic rings. The highest BCUT2D eigenvalue weighted by molar-refractivity contribution is 5.75. The van der Waals surface area contributed by atoms with E-state index >= 15 is 0 Å². The highest BCUT2D eigenvalue weighted by atomic mass is 19.3. The number of alkyl halides is 2. The van der Waals surface area contributed by atoms with Crippen LogP contribution >= 0.6 is 0 Å². The van der Waals surface area contributed by atoms with Gasteiger partial charge in [0.1, 0.15) is 6.61 Å². The molecule has 0 fully saturated rings. The molecule has 0 aliphatic carbocycles. The van der Waals surface area contributed by atoms with Crippen LogP contribution in [0.15, 0.2) is 0 Å². The molecule has 0 unspecified atom stereocenters. The zero-order valence-electron chi connectivity index (χ0n) is 8.43. The maximum Gasteiger partial charge on any atom is 0.377 e. The molecule has 14 heavy (non-hydrogen) atoms. The number of ether oxygens (including phenoxy) is 1. The standard InChI is InChI=1S/C9H16F2O3/c1-7(2)4-3-5-14-6-9(10,11)8(12)13/h7H,3-6H2,1-2H3,(H,12,13). The Kier molecular flexibility index (Phi) is 5.60. The van der Waals surface area contributed by atoms with Crippen molar-refractivity contribution >= 4 is 5.97 Å². The minimum absolute atomic E-state index is 0.182. The Morgan fingerprint density at radius 2 is 2.07 bits per heavy atom. The summed E-state index contributed by atoms with van der Waals surface area (Å²) < 4.78 is 29.4. The molecule has 0 radical (unpaired) electrons. The zero-order chi connectivity index (χ0) is 11.2. The van der Waals surface area contributed by atoms with Crippen LogP contribution in [0.1, 0.15) is 26.7 Å². The van der Waals surface area contributed by atoms with E-state index in [1.807, 2.05) is 13.8 Å². The van der Waals surface area contributed by atoms with Gasteiger partial charge in [-0.25, -0.2) is 4.79 Å². The highest BCUT2D eigenvalue weighted by Crippen LogP contribution is 2.14. The summed E-state index contributed by atoms with van der Waals surface area (Å²) in [5, 5.41) is 8.06. The van der Waals surface area contributed by atoms with Crippen LogP contribution in [0, 0.1) is 5.92 Å². The zero-order valence-corrected chi connectivity index (χ0v) is 8.43. The molecule has 0 bridgehead atoms. The first-order valence-corrected chi connectivity index (χ1v) is 4.55. The molecule has 0 aliphatic heterocycles. The first-order chi connectivity index (χ1) is 6.36. The fourth-order valence-corrected chi connectivity index (χ4v) is 0.856. The van der Waals surface area contributed by atoms with Crippen molar-refractivity contribution in [3.8, 4) is 0 Å². The molecule has 0 saturated heterocycles. The lowest BCUT2D eigenvalue weighted by Crippen LogP contribution is -2.33. The normalized spacial score (nSPS) is 12.1. The number of hydrogen-bond acceptors (Lipinski definition) is 2. The van der Waals surface area contributed by atoms with Gasteiger partial charge < -0.3 is 9.84 Å². The van der Waals surface area contributed by atoms with Gasteiger partial charge in [0.15, 0.2) is 0 Å². The number of carboxylic acids is 1. The Morgan fingerprint density at radius 1 is 1.50 bits per heavy atom. The molecule has 1 N–H and O–H groups in total. The number of carbonyl (C=O) groups is 1. The Hall–Kier alpha value is -0.710. The van der Waals surface area contributed by atoms with E-state index in [4.69, 9.17) is 5.11 Å². The van der Waals surface area contributed by atoms with Crippen LogP contribution in [0.3, 0.4) is 0 Å². The monoisotopic (exact) mass is 210 g/mol. The molecular formula is C9H16F2O3. The predicted octanol–water partition coefficient (Wildman–Crippen LogP) is 2.16. The number of hydrogen-bond donors (Lipinski definition) is 1. The minimum Gasteiger partial charge on any atom is -0.477 e.